The Morgan fingerprint density at radius 2 is 1.94 bits per heavy atom. The largest absolute Gasteiger partial charge is 0.453 e. The number of aromatic nitrogens is 5. The SMILES string of the molecule is COC(=O)N1CCC(N2CC(n3cc(NC(=O)c4cccc(-c5ccn[nH]5)n4)c(C(F)F)n3)C2)CC1. The van der Waals surface area contributed by atoms with Crippen LogP contribution in [0.25, 0.3) is 11.4 Å². The predicted molar refractivity (Wildman–Crippen MR) is 125 cm³/mol. The first-order valence-electron chi connectivity index (χ1n) is 11.6. The summed E-state index contributed by atoms with van der Waals surface area (Å²) < 4.78 is 33.7. The van der Waals surface area contributed by atoms with Crippen LogP contribution in [0.5, 0.6) is 0 Å². The van der Waals surface area contributed by atoms with Crippen molar-refractivity contribution in [1.82, 2.24) is 34.8 Å². The lowest BCUT2D eigenvalue weighted by atomic mass is 9.98. The Bertz CT molecular complexity index is 1220. The molecule has 2 aliphatic rings. The number of halogens is 2. The molecule has 190 valence electrons. The van der Waals surface area contributed by atoms with Crippen molar-refractivity contribution in [3.8, 4) is 11.4 Å². The zero-order chi connectivity index (χ0) is 25.2. The number of anilines is 1. The van der Waals surface area contributed by atoms with Crippen LogP contribution in [0, 0.1) is 0 Å². The topological polar surface area (TPSA) is 121 Å². The first kappa shape index (κ1) is 23.9. The number of likely N-dealkylation sites (tertiary alicyclic amines) is 2. The molecule has 3 aromatic heterocycles. The third-order valence-corrected chi connectivity index (χ3v) is 6.65. The number of rotatable bonds is 6. The van der Waals surface area contributed by atoms with Gasteiger partial charge in [-0.05, 0) is 31.0 Å². The zero-order valence-electron chi connectivity index (χ0n) is 19.6. The zero-order valence-corrected chi connectivity index (χ0v) is 19.6. The van der Waals surface area contributed by atoms with Crippen LogP contribution in [-0.4, -0.2) is 86.1 Å². The number of alkyl halides is 2. The number of amides is 2. The van der Waals surface area contributed by atoms with Gasteiger partial charge in [-0.2, -0.15) is 10.2 Å². The van der Waals surface area contributed by atoms with Crippen molar-refractivity contribution in [3.63, 3.8) is 0 Å². The number of aromatic amines is 1. The van der Waals surface area contributed by atoms with Gasteiger partial charge >= 0.3 is 6.09 Å². The Balaban J connectivity index is 1.22. The minimum absolute atomic E-state index is 0.0337. The normalized spacial score (nSPS) is 17.3. The monoisotopic (exact) mass is 500 g/mol. The number of nitrogens with one attached hydrogen (secondary N) is 2. The van der Waals surface area contributed by atoms with Crippen molar-refractivity contribution < 1.29 is 23.1 Å². The molecule has 2 fully saturated rings. The lowest BCUT2D eigenvalue weighted by molar-refractivity contribution is 0.0193. The third-order valence-electron chi connectivity index (χ3n) is 6.65. The van der Waals surface area contributed by atoms with E-state index >= 15 is 0 Å². The number of hydrogen-bond acceptors (Lipinski definition) is 7. The van der Waals surface area contributed by atoms with Crippen LogP contribution in [0.15, 0.2) is 36.7 Å². The van der Waals surface area contributed by atoms with Crippen LogP contribution < -0.4 is 5.32 Å². The molecule has 11 nitrogen and oxygen atoms in total. The number of piperidine rings is 1. The maximum absolute atomic E-state index is 13.7. The van der Waals surface area contributed by atoms with E-state index < -0.39 is 18.0 Å². The molecule has 5 rings (SSSR count). The van der Waals surface area contributed by atoms with Crippen LogP contribution in [0.2, 0.25) is 0 Å². The standard InChI is InChI=1S/C23H26F2N8O3/c1-36-23(35)31-9-6-14(7-10-31)32-11-15(12-32)33-13-19(20(30-33)21(24)25)28-22(34)18-4-2-3-16(27-18)17-5-8-26-29-17/h2-5,8,13-15,21H,6-7,9-12H2,1H3,(H,26,29)(H,28,34). The molecule has 36 heavy (non-hydrogen) atoms. The van der Waals surface area contributed by atoms with E-state index in [1.54, 1.807) is 29.3 Å². The molecule has 2 aliphatic heterocycles. The number of nitrogens with zero attached hydrogens (tertiary/aromatic N) is 6. The van der Waals surface area contributed by atoms with Crippen molar-refractivity contribution in [2.75, 3.05) is 38.6 Å². The van der Waals surface area contributed by atoms with E-state index in [4.69, 9.17) is 4.74 Å². The van der Waals surface area contributed by atoms with Crippen molar-refractivity contribution in [1.29, 1.82) is 0 Å². The van der Waals surface area contributed by atoms with E-state index in [9.17, 15) is 18.4 Å². The number of H-pyrrole nitrogens is 1. The summed E-state index contributed by atoms with van der Waals surface area (Å²) >= 11 is 0. The molecule has 2 N–H and O–H groups in total. The molecule has 0 unspecified atom stereocenters. The van der Waals surface area contributed by atoms with E-state index in [-0.39, 0.29) is 23.5 Å². The molecule has 0 aliphatic carbocycles. The molecule has 13 heteroatoms. The van der Waals surface area contributed by atoms with Crippen LogP contribution in [0.1, 0.15) is 41.5 Å². The average Bonchev–Trinajstić information content (AvgIpc) is 3.54. The number of carbonyl (C=O) groups is 2. The van der Waals surface area contributed by atoms with E-state index in [0.717, 1.165) is 12.8 Å². The highest BCUT2D eigenvalue weighted by molar-refractivity contribution is 6.03. The number of methoxy groups -OCH3 is 1. The Morgan fingerprint density at radius 3 is 2.61 bits per heavy atom. The fourth-order valence-corrected chi connectivity index (χ4v) is 4.64. The first-order chi connectivity index (χ1) is 17.4. The van der Waals surface area contributed by atoms with Gasteiger partial charge in [0.05, 0.1) is 30.2 Å². The lowest BCUT2D eigenvalue weighted by Gasteiger charge is -2.46. The minimum Gasteiger partial charge on any atom is -0.453 e. The smallest absolute Gasteiger partial charge is 0.409 e. The molecule has 2 saturated heterocycles. The molecule has 0 radical (unpaired) electrons. The lowest BCUT2D eigenvalue weighted by Crippen LogP contribution is -2.56. The van der Waals surface area contributed by atoms with Gasteiger partial charge < -0.3 is 15.0 Å². The van der Waals surface area contributed by atoms with E-state index in [0.29, 0.717) is 43.6 Å². The first-order valence-corrected chi connectivity index (χ1v) is 11.6. The van der Waals surface area contributed by atoms with Gasteiger partial charge in [-0.3, -0.25) is 19.5 Å². The molecule has 5 heterocycles. The summed E-state index contributed by atoms with van der Waals surface area (Å²) in [6, 6.07) is 6.85. The summed E-state index contributed by atoms with van der Waals surface area (Å²) in [5.74, 6) is -0.606. The number of hydrogen-bond donors (Lipinski definition) is 2. The average molecular weight is 501 g/mol. The van der Waals surface area contributed by atoms with Crippen LogP contribution in [0.4, 0.5) is 19.3 Å². The number of ether oxygens (including phenoxy) is 1. The second kappa shape index (κ2) is 10.0. The maximum atomic E-state index is 13.7. The van der Waals surface area contributed by atoms with Gasteiger partial charge in [-0.1, -0.05) is 6.07 Å². The second-order valence-electron chi connectivity index (χ2n) is 8.84. The number of carbonyl (C=O) groups excluding carboxylic acids is 2. The van der Waals surface area contributed by atoms with Gasteiger partial charge in [0.15, 0.2) is 5.69 Å². The fraction of sp³-hybridized carbons (Fsp3) is 0.435. The van der Waals surface area contributed by atoms with E-state index in [1.807, 2.05) is 0 Å². The van der Waals surface area contributed by atoms with Crippen molar-refractivity contribution in [2.45, 2.75) is 31.4 Å². The summed E-state index contributed by atoms with van der Waals surface area (Å²) in [6.45, 7) is 2.58. The van der Waals surface area contributed by atoms with E-state index in [1.165, 1.54) is 24.1 Å². The van der Waals surface area contributed by atoms with Gasteiger partial charge in [-0.15, -0.1) is 0 Å². The molecule has 0 spiro atoms. The number of pyridine rings is 1. The summed E-state index contributed by atoms with van der Waals surface area (Å²) in [4.78, 5) is 32.7. The summed E-state index contributed by atoms with van der Waals surface area (Å²) in [6.07, 6.45) is 1.53. The van der Waals surface area contributed by atoms with Crippen molar-refractivity contribution >= 4 is 17.7 Å². The molecule has 3 aromatic rings. The molecular weight excluding hydrogens is 474 g/mol. The molecule has 0 saturated carbocycles. The van der Waals surface area contributed by atoms with Gasteiger partial charge in [0, 0.05) is 44.6 Å². The minimum atomic E-state index is -2.84. The van der Waals surface area contributed by atoms with Crippen molar-refractivity contribution in [2.24, 2.45) is 0 Å². The van der Waals surface area contributed by atoms with E-state index in [2.05, 4.69) is 30.5 Å². The quantitative estimate of drug-likeness (QED) is 0.534. The summed E-state index contributed by atoms with van der Waals surface area (Å²) in [7, 11) is 1.37. The molecule has 0 aromatic carbocycles. The maximum Gasteiger partial charge on any atom is 0.409 e. The molecule has 2 amide bonds. The molecule has 0 bridgehead atoms. The summed E-state index contributed by atoms with van der Waals surface area (Å²) in [5, 5.41) is 13.3. The Morgan fingerprint density at radius 1 is 1.17 bits per heavy atom. The fourth-order valence-electron chi connectivity index (χ4n) is 4.64. The highest BCUT2D eigenvalue weighted by atomic mass is 19.3. The Labute approximate surface area is 205 Å². The molecular formula is C23H26F2N8O3. The highest BCUT2D eigenvalue weighted by Crippen LogP contribution is 2.32. The second-order valence-corrected chi connectivity index (χ2v) is 8.84. The van der Waals surface area contributed by atoms with Crippen LogP contribution >= 0.6 is 0 Å². The summed E-state index contributed by atoms with van der Waals surface area (Å²) in [5.41, 5.74) is 0.725. The van der Waals surface area contributed by atoms with Gasteiger partial charge in [-0.25, -0.2) is 18.6 Å². The van der Waals surface area contributed by atoms with Crippen LogP contribution in [-0.2, 0) is 4.74 Å². The molecule has 0 atom stereocenters. The van der Waals surface area contributed by atoms with Gasteiger partial charge in [0.1, 0.15) is 5.69 Å². The van der Waals surface area contributed by atoms with Crippen LogP contribution in [0.3, 0.4) is 0 Å². The van der Waals surface area contributed by atoms with Gasteiger partial charge in [0.2, 0.25) is 0 Å². The highest BCUT2D eigenvalue weighted by Gasteiger charge is 2.37. The Hall–Kier alpha value is -3.87. The third kappa shape index (κ3) is 4.78. The van der Waals surface area contributed by atoms with Gasteiger partial charge in [0.25, 0.3) is 12.3 Å². The van der Waals surface area contributed by atoms with Crippen molar-refractivity contribution in [3.05, 3.63) is 48.0 Å². The predicted octanol–water partition coefficient (Wildman–Crippen LogP) is 2.95. The Kier molecular flexibility index (Phi) is 6.63.